The molecule has 1 N–H and O–H groups in total. The topological polar surface area (TPSA) is 68.2 Å². The summed E-state index contributed by atoms with van der Waals surface area (Å²) in [7, 11) is -3.28. The van der Waals surface area contributed by atoms with Crippen molar-refractivity contribution in [1.82, 2.24) is 4.98 Å². The van der Waals surface area contributed by atoms with E-state index in [1.54, 1.807) is 12.1 Å². The van der Waals surface area contributed by atoms with Crippen LogP contribution in [0.2, 0.25) is 37.8 Å². The third kappa shape index (κ3) is 5.13. The second-order valence-corrected chi connectivity index (χ2v) is 20.1. The molecule has 0 radical (unpaired) electrons. The molecule has 0 amide bonds. The number of benzene rings is 1. The molecule has 0 atom stereocenters. The molecule has 1 aromatic heterocycles. The van der Waals surface area contributed by atoms with Gasteiger partial charge in [0.05, 0.1) is 13.0 Å². The van der Waals surface area contributed by atoms with Gasteiger partial charge in [0, 0.05) is 35.0 Å². The van der Waals surface area contributed by atoms with Crippen LogP contribution in [0.1, 0.15) is 39.2 Å². The van der Waals surface area contributed by atoms with Gasteiger partial charge in [-0.25, -0.2) is 0 Å². The summed E-state index contributed by atoms with van der Waals surface area (Å²) in [6.07, 6.45) is 2.97. The van der Waals surface area contributed by atoms with E-state index in [9.17, 15) is 10.1 Å². The number of unbranched alkanes of at least 4 members (excludes halogenated alkanes) is 1. The van der Waals surface area contributed by atoms with Gasteiger partial charge in [-0.15, -0.1) is 0 Å². The van der Waals surface area contributed by atoms with Crippen molar-refractivity contribution in [3.63, 3.8) is 0 Å². The highest BCUT2D eigenvalue weighted by Crippen LogP contribution is 2.36. The first-order valence-corrected chi connectivity index (χ1v) is 16.6. The molecule has 0 bridgehead atoms. The van der Waals surface area contributed by atoms with E-state index in [2.05, 4.69) is 58.5 Å². The van der Waals surface area contributed by atoms with E-state index in [0.717, 1.165) is 36.8 Å². The van der Waals surface area contributed by atoms with Crippen molar-refractivity contribution in [3.05, 3.63) is 33.9 Å². The molecule has 1 heterocycles. The highest BCUT2D eigenvalue weighted by atomic mass is 28.4. The normalized spacial score (nSPS) is 13.3. The van der Waals surface area contributed by atoms with Gasteiger partial charge in [0.1, 0.15) is 0 Å². The molecule has 156 valence electrons. The largest absolute Gasteiger partial charge is 0.417 e. The smallest absolute Gasteiger partial charge is 0.270 e. The number of non-ortho nitro benzene ring substituents is 1. The number of aromatic nitrogens is 1. The lowest BCUT2D eigenvalue weighted by Gasteiger charge is -2.36. The Kier molecular flexibility index (Phi) is 6.62. The molecule has 0 saturated heterocycles. The monoisotopic (exact) mass is 420 g/mol. The van der Waals surface area contributed by atoms with Crippen LogP contribution in [-0.4, -0.2) is 32.9 Å². The standard InChI is InChI=1S/C21H36N2O3Si2/c1-21(2,3)28(7,8)26-14-10-9-11-17-18-15-16(23(24)25)12-13-19(18)22-20(17)27(4,5)6/h12-13,15,22H,9-11,14H2,1-8H3. The first kappa shape index (κ1) is 22.8. The number of fused-ring (bicyclic) bond motifs is 1. The highest BCUT2D eigenvalue weighted by Gasteiger charge is 2.36. The molecule has 0 fully saturated rings. The van der Waals surface area contributed by atoms with Crippen molar-refractivity contribution in [3.8, 4) is 0 Å². The number of H-pyrrole nitrogens is 1. The van der Waals surface area contributed by atoms with Crippen LogP contribution in [0.3, 0.4) is 0 Å². The molecule has 0 aliphatic carbocycles. The minimum atomic E-state index is -1.70. The molecule has 7 heteroatoms. The number of aryl methyl sites for hydroxylation is 1. The van der Waals surface area contributed by atoms with Crippen molar-refractivity contribution < 1.29 is 9.35 Å². The van der Waals surface area contributed by atoms with Crippen molar-refractivity contribution in [2.24, 2.45) is 0 Å². The Labute approximate surface area is 171 Å². The number of nitrogens with one attached hydrogen (secondary N) is 1. The molecule has 2 aromatic rings. The number of nitrogens with zero attached hydrogens (tertiary/aromatic N) is 1. The van der Waals surface area contributed by atoms with Crippen molar-refractivity contribution in [2.75, 3.05) is 6.61 Å². The lowest BCUT2D eigenvalue weighted by atomic mass is 10.1. The first-order chi connectivity index (χ1) is 12.7. The minimum Gasteiger partial charge on any atom is -0.417 e. The number of hydrogen-bond donors (Lipinski definition) is 1. The molecule has 0 saturated carbocycles. The van der Waals surface area contributed by atoms with Gasteiger partial charge in [-0.2, -0.15) is 0 Å². The Morgan fingerprint density at radius 2 is 1.75 bits per heavy atom. The zero-order chi connectivity index (χ0) is 21.3. The summed E-state index contributed by atoms with van der Waals surface area (Å²) in [5.74, 6) is 0. The van der Waals surface area contributed by atoms with Gasteiger partial charge < -0.3 is 9.41 Å². The van der Waals surface area contributed by atoms with Crippen molar-refractivity contribution >= 4 is 38.3 Å². The molecular formula is C21H36N2O3Si2. The molecule has 5 nitrogen and oxygen atoms in total. The van der Waals surface area contributed by atoms with Crippen LogP contribution < -0.4 is 5.32 Å². The zero-order valence-electron chi connectivity index (χ0n) is 18.7. The summed E-state index contributed by atoms with van der Waals surface area (Å²) in [5, 5.41) is 13.8. The molecular weight excluding hydrogens is 384 g/mol. The van der Waals surface area contributed by atoms with Crippen LogP contribution in [0.4, 0.5) is 5.69 Å². The Balaban J connectivity index is 2.16. The van der Waals surface area contributed by atoms with Gasteiger partial charge in [0.2, 0.25) is 0 Å². The Hall–Kier alpha value is -1.45. The highest BCUT2D eigenvalue weighted by molar-refractivity contribution is 6.88. The van der Waals surface area contributed by atoms with E-state index in [1.807, 2.05) is 6.07 Å². The van der Waals surface area contributed by atoms with Crippen LogP contribution in [0, 0.1) is 10.1 Å². The van der Waals surface area contributed by atoms with Crippen LogP contribution in [-0.2, 0) is 10.8 Å². The zero-order valence-corrected chi connectivity index (χ0v) is 20.7. The number of hydrogen-bond acceptors (Lipinski definition) is 3. The van der Waals surface area contributed by atoms with Gasteiger partial charge in [-0.3, -0.25) is 10.1 Å². The maximum atomic E-state index is 11.2. The summed E-state index contributed by atoms with van der Waals surface area (Å²) in [6.45, 7) is 19.1. The van der Waals surface area contributed by atoms with Gasteiger partial charge in [0.15, 0.2) is 8.32 Å². The van der Waals surface area contributed by atoms with Crippen LogP contribution in [0.5, 0.6) is 0 Å². The Morgan fingerprint density at radius 1 is 1.11 bits per heavy atom. The lowest BCUT2D eigenvalue weighted by molar-refractivity contribution is -0.384. The van der Waals surface area contributed by atoms with E-state index < -0.39 is 16.4 Å². The summed E-state index contributed by atoms with van der Waals surface area (Å²) < 4.78 is 6.30. The second kappa shape index (κ2) is 8.12. The van der Waals surface area contributed by atoms with E-state index in [4.69, 9.17) is 4.43 Å². The average Bonchev–Trinajstić information content (AvgIpc) is 2.91. The van der Waals surface area contributed by atoms with E-state index in [-0.39, 0.29) is 15.6 Å². The molecule has 1 aromatic carbocycles. The molecule has 0 unspecified atom stereocenters. The summed E-state index contributed by atoms with van der Waals surface area (Å²) in [5.41, 5.74) is 2.44. The fraction of sp³-hybridized carbons (Fsp3) is 0.619. The third-order valence-corrected chi connectivity index (χ3v) is 12.4. The molecule has 0 spiro atoms. The van der Waals surface area contributed by atoms with Crippen LogP contribution in [0.15, 0.2) is 18.2 Å². The van der Waals surface area contributed by atoms with Crippen LogP contribution >= 0.6 is 0 Å². The SMILES string of the molecule is CC(C)(C)[Si](C)(C)OCCCCc1c([Si](C)(C)C)[nH]c2ccc([N+](=O)[O-])cc12. The summed E-state index contributed by atoms with van der Waals surface area (Å²) >= 11 is 0. The van der Waals surface area contributed by atoms with E-state index in [0.29, 0.717) is 0 Å². The fourth-order valence-corrected chi connectivity index (χ4v) is 5.96. The van der Waals surface area contributed by atoms with E-state index in [1.165, 1.54) is 10.9 Å². The maximum Gasteiger partial charge on any atom is 0.270 e. The second-order valence-electron chi connectivity index (χ2n) is 10.3. The van der Waals surface area contributed by atoms with Crippen molar-refractivity contribution in [2.45, 2.75) is 77.8 Å². The Morgan fingerprint density at radius 3 is 2.29 bits per heavy atom. The van der Waals surface area contributed by atoms with Gasteiger partial charge in [-0.1, -0.05) is 40.4 Å². The average molecular weight is 421 g/mol. The number of aromatic amines is 1. The third-order valence-electron chi connectivity index (χ3n) is 5.94. The predicted octanol–water partition coefficient (Wildman–Crippen LogP) is 5.97. The number of nitro benzene ring substituents is 1. The first-order valence-electron chi connectivity index (χ1n) is 10.2. The molecule has 0 aliphatic rings. The fourth-order valence-electron chi connectivity index (χ4n) is 3.20. The van der Waals surface area contributed by atoms with Gasteiger partial charge in [-0.05, 0) is 49.0 Å². The molecule has 2 rings (SSSR count). The number of rotatable bonds is 8. The molecule has 0 aliphatic heterocycles. The minimum absolute atomic E-state index is 0.163. The quantitative estimate of drug-likeness (QED) is 0.248. The summed E-state index contributed by atoms with van der Waals surface area (Å²) in [4.78, 5) is 14.5. The number of nitro groups is 1. The van der Waals surface area contributed by atoms with Crippen LogP contribution in [0.25, 0.3) is 10.9 Å². The predicted molar refractivity (Wildman–Crippen MR) is 124 cm³/mol. The Bertz CT molecular complexity index is 846. The van der Waals surface area contributed by atoms with E-state index >= 15 is 0 Å². The maximum absolute atomic E-state index is 11.2. The lowest BCUT2D eigenvalue weighted by Crippen LogP contribution is -2.41. The summed E-state index contributed by atoms with van der Waals surface area (Å²) in [6, 6.07) is 5.17. The van der Waals surface area contributed by atoms with Gasteiger partial charge >= 0.3 is 0 Å². The van der Waals surface area contributed by atoms with Crippen molar-refractivity contribution in [1.29, 1.82) is 0 Å². The van der Waals surface area contributed by atoms with Gasteiger partial charge in [0.25, 0.3) is 5.69 Å². The molecule has 28 heavy (non-hydrogen) atoms.